The van der Waals surface area contributed by atoms with Crippen molar-refractivity contribution in [3.05, 3.63) is 48.0 Å². The van der Waals surface area contributed by atoms with E-state index in [9.17, 15) is 14.3 Å². The molecular weight excluding hydrogens is 341 g/mol. The minimum absolute atomic E-state index is 0.0519. The summed E-state index contributed by atoms with van der Waals surface area (Å²) < 4.78 is 14.2. The molecule has 150 valence electrons. The van der Waals surface area contributed by atoms with Crippen LogP contribution in [0.5, 0.6) is 0 Å². The Morgan fingerprint density at radius 2 is 2.07 bits per heavy atom. The van der Waals surface area contributed by atoms with Gasteiger partial charge in [0.1, 0.15) is 6.17 Å². The van der Waals surface area contributed by atoms with E-state index >= 15 is 0 Å². The number of hydrogen-bond donors (Lipinski definition) is 1. The van der Waals surface area contributed by atoms with Crippen molar-refractivity contribution in [2.24, 2.45) is 5.92 Å². The van der Waals surface area contributed by atoms with Crippen LogP contribution in [0.2, 0.25) is 0 Å². The maximum absolute atomic E-state index is 14.2. The molecule has 1 aromatic carbocycles. The van der Waals surface area contributed by atoms with Gasteiger partial charge in [0.25, 0.3) is 0 Å². The van der Waals surface area contributed by atoms with Crippen LogP contribution in [-0.4, -0.2) is 41.8 Å². The average molecular weight is 376 g/mol. The van der Waals surface area contributed by atoms with Gasteiger partial charge in [-0.1, -0.05) is 42.5 Å². The van der Waals surface area contributed by atoms with Gasteiger partial charge < -0.3 is 10.0 Å². The lowest BCUT2D eigenvalue weighted by molar-refractivity contribution is -0.135. The molecule has 3 nitrogen and oxygen atoms in total. The summed E-state index contributed by atoms with van der Waals surface area (Å²) in [5, 5.41) is 10.7. The average Bonchev–Trinajstić information content (AvgIpc) is 2.64. The summed E-state index contributed by atoms with van der Waals surface area (Å²) in [5.74, 6) is 0.102. The van der Waals surface area contributed by atoms with E-state index in [0.717, 1.165) is 32.1 Å². The van der Waals surface area contributed by atoms with Crippen molar-refractivity contribution in [2.75, 3.05) is 14.1 Å². The monoisotopic (exact) mass is 375 g/mol. The molecule has 1 amide bonds. The quantitative estimate of drug-likeness (QED) is 0.502. The third kappa shape index (κ3) is 7.84. The summed E-state index contributed by atoms with van der Waals surface area (Å²) in [6.45, 7) is 0. The Hall–Kier alpha value is -1.68. The molecule has 0 aromatic heterocycles. The fraction of sp³-hybridized carbons (Fsp3) is 0.609. The van der Waals surface area contributed by atoms with Crippen LogP contribution in [0.15, 0.2) is 42.5 Å². The van der Waals surface area contributed by atoms with E-state index in [-0.39, 0.29) is 18.2 Å². The number of unbranched alkanes of at least 4 members (excludes halogenated alkanes) is 1. The number of hydrogen-bond acceptors (Lipinski definition) is 2. The Morgan fingerprint density at radius 1 is 1.33 bits per heavy atom. The molecule has 0 radical (unpaired) electrons. The summed E-state index contributed by atoms with van der Waals surface area (Å²) in [4.78, 5) is 13.4. The maximum atomic E-state index is 14.2. The molecule has 0 spiro atoms. The topological polar surface area (TPSA) is 40.5 Å². The van der Waals surface area contributed by atoms with Crippen molar-refractivity contribution in [1.82, 2.24) is 4.90 Å². The number of alkyl halides is 1. The summed E-state index contributed by atoms with van der Waals surface area (Å²) in [6.07, 6.45) is 9.23. The number of aryl methyl sites for hydroxylation is 1. The van der Waals surface area contributed by atoms with E-state index in [4.69, 9.17) is 0 Å². The van der Waals surface area contributed by atoms with Crippen LogP contribution in [0.4, 0.5) is 4.39 Å². The Bertz CT molecular complexity index is 602. The highest BCUT2D eigenvalue weighted by Crippen LogP contribution is 2.36. The van der Waals surface area contributed by atoms with Crippen molar-refractivity contribution >= 4 is 5.91 Å². The number of benzene rings is 1. The van der Waals surface area contributed by atoms with E-state index in [1.165, 1.54) is 10.5 Å². The molecule has 4 heteroatoms. The highest BCUT2D eigenvalue weighted by Gasteiger charge is 2.35. The molecule has 1 aliphatic rings. The number of halogens is 1. The number of amides is 1. The van der Waals surface area contributed by atoms with Crippen molar-refractivity contribution in [3.63, 3.8) is 0 Å². The first-order valence-corrected chi connectivity index (χ1v) is 10.2. The molecule has 1 aromatic rings. The molecule has 27 heavy (non-hydrogen) atoms. The standard InChI is InChI=1S/C23H34FNO2/c1-25(2)22(26)18-23(27)16-8-12-20(17-23)14-15-21(24)13-7-6-11-19-9-4-3-5-10-19/h3-5,9-10,14-15,20-21,27H,6-8,11-13,16-18H2,1-2H3/b15-14+/t20-,21+,23-/m0/s1. The smallest absolute Gasteiger partial charge is 0.224 e. The Labute approximate surface area is 163 Å². The lowest BCUT2D eigenvalue weighted by atomic mass is 9.76. The first kappa shape index (κ1) is 21.6. The minimum Gasteiger partial charge on any atom is -0.389 e. The lowest BCUT2D eigenvalue weighted by Gasteiger charge is -2.36. The van der Waals surface area contributed by atoms with Crippen LogP contribution in [-0.2, 0) is 11.2 Å². The second-order valence-corrected chi connectivity index (χ2v) is 8.18. The maximum Gasteiger partial charge on any atom is 0.224 e. The zero-order valence-corrected chi connectivity index (χ0v) is 16.7. The van der Waals surface area contributed by atoms with E-state index in [0.29, 0.717) is 19.3 Å². The summed E-state index contributed by atoms with van der Waals surface area (Å²) in [5.41, 5.74) is 0.355. The van der Waals surface area contributed by atoms with Crippen LogP contribution in [0.1, 0.15) is 56.9 Å². The van der Waals surface area contributed by atoms with E-state index in [1.54, 1.807) is 20.2 Å². The van der Waals surface area contributed by atoms with Crippen LogP contribution >= 0.6 is 0 Å². The van der Waals surface area contributed by atoms with Gasteiger partial charge in [-0.15, -0.1) is 0 Å². The van der Waals surface area contributed by atoms with Gasteiger partial charge >= 0.3 is 0 Å². The first-order valence-electron chi connectivity index (χ1n) is 10.2. The molecule has 0 bridgehead atoms. The zero-order chi connectivity index (χ0) is 19.7. The van der Waals surface area contributed by atoms with Crippen molar-refractivity contribution in [3.8, 4) is 0 Å². The molecule has 3 atom stereocenters. The summed E-state index contributed by atoms with van der Waals surface area (Å²) in [7, 11) is 3.41. The van der Waals surface area contributed by atoms with E-state index in [1.807, 2.05) is 24.3 Å². The molecule has 1 fully saturated rings. The van der Waals surface area contributed by atoms with Gasteiger partial charge in [-0.05, 0) is 62.8 Å². The van der Waals surface area contributed by atoms with Crippen LogP contribution < -0.4 is 0 Å². The fourth-order valence-corrected chi connectivity index (χ4v) is 3.84. The Morgan fingerprint density at radius 3 is 2.78 bits per heavy atom. The number of rotatable bonds is 9. The lowest BCUT2D eigenvalue weighted by Crippen LogP contribution is -2.40. The predicted molar refractivity (Wildman–Crippen MR) is 108 cm³/mol. The predicted octanol–water partition coefficient (Wildman–Crippen LogP) is 4.69. The van der Waals surface area contributed by atoms with Crippen molar-refractivity contribution in [1.29, 1.82) is 0 Å². The number of aliphatic hydroxyl groups is 1. The van der Waals surface area contributed by atoms with Crippen LogP contribution in [0, 0.1) is 5.92 Å². The van der Waals surface area contributed by atoms with Crippen LogP contribution in [0.3, 0.4) is 0 Å². The van der Waals surface area contributed by atoms with E-state index < -0.39 is 11.8 Å². The molecule has 2 rings (SSSR count). The second kappa shape index (κ2) is 10.6. The van der Waals surface area contributed by atoms with Gasteiger partial charge in [0.05, 0.1) is 12.0 Å². The van der Waals surface area contributed by atoms with Crippen LogP contribution in [0.25, 0.3) is 0 Å². The number of allylic oxidation sites excluding steroid dienone is 2. The molecule has 0 unspecified atom stereocenters. The normalized spacial score (nSPS) is 24.1. The van der Waals surface area contributed by atoms with Gasteiger partial charge in [-0.25, -0.2) is 4.39 Å². The number of nitrogens with zero attached hydrogens (tertiary/aromatic N) is 1. The van der Waals surface area contributed by atoms with Gasteiger partial charge in [0.15, 0.2) is 0 Å². The summed E-state index contributed by atoms with van der Waals surface area (Å²) in [6, 6.07) is 10.3. The molecule has 0 heterocycles. The van der Waals surface area contributed by atoms with E-state index in [2.05, 4.69) is 12.1 Å². The molecule has 1 aliphatic carbocycles. The van der Waals surface area contributed by atoms with Gasteiger partial charge in [-0.2, -0.15) is 0 Å². The SMILES string of the molecule is CN(C)C(=O)C[C@]1(O)CCC[C@@H](/C=C/[C@H](F)CCCCc2ccccc2)C1. The third-order valence-electron chi connectivity index (χ3n) is 5.47. The van der Waals surface area contributed by atoms with Crippen molar-refractivity contribution < 1.29 is 14.3 Å². The highest BCUT2D eigenvalue weighted by molar-refractivity contribution is 5.76. The van der Waals surface area contributed by atoms with Gasteiger partial charge in [0.2, 0.25) is 5.91 Å². The molecular formula is C23H34FNO2. The largest absolute Gasteiger partial charge is 0.389 e. The third-order valence-corrected chi connectivity index (χ3v) is 5.47. The zero-order valence-electron chi connectivity index (χ0n) is 16.7. The number of carbonyl (C=O) groups excluding carboxylic acids is 1. The van der Waals surface area contributed by atoms with Gasteiger partial charge in [0, 0.05) is 14.1 Å². The Kier molecular flexibility index (Phi) is 8.49. The highest BCUT2D eigenvalue weighted by atomic mass is 19.1. The fourth-order valence-electron chi connectivity index (χ4n) is 3.84. The molecule has 1 N–H and O–H groups in total. The molecule has 0 aliphatic heterocycles. The Balaban J connectivity index is 1.71. The van der Waals surface area contributed by atoms with Gasteiger partial charge in [-0.3, -0.25) is 4.79 Å². The minimum atomic E-state index is -0.948. The second-order valence-electron chi connectivity index (χ2n) is 8.18. The molecule has 0 saturated heterocycles. The number of carbonyl (C=O) groups is 1. The molecule has 1 saturated carbocycles. The summed E-state index contributed by atoms with van der Waals surface area (Å²) >= 11 is 0. The van der Waals surface area contributed by atoms with Crippen molar-refractivity contribution in [2.45, 2.75) is 69.6 Å². The first-order chi connectivity index (χ1) is 12.9.